The van der Waals surface area contributed by atoms with Crippen molar-refractivity contribution in [3.8, 4) is 11.1 Å². The van der Waals surface area contributed by atoms with Crippen molar-refractivity contribution in [2.75, 3.05) is 6.61 Å². The third-order valence-corrected chi connectivity index (χ3v) is 2.78. The van der Waals surface area contributed by atoms with E-state index in [4.69, 9.17) is 4.74 Å². The SMILES string of the molecule is CCOC(=O)/C=C/c1ccc(-c2ccccc2)c(F)c1. The van der Waals surface area contributed by atoms with Crippen LogP contribution in [-0.4, -0.2) is 12.6 Å². The first-order chi connectivity index (χ1) is 9.70. The summed E-state index contributed by atoms with van der Waals surface area (Å²) in [5.74, 6) is -0.748. The van der Waals surface area contributed by atoms with Crippen LogP contribution in [0.5, 0.6) is 0 Å². The molecule has 0 heterocycles. The average molecular weight is 270 g/mol. The van der Waals surface area contributed by atoms with Gasteiger partial charge >= 0.3 is 5.97 Å². The molecule has 0 fully saturated rings. The lowest BCUT2D eigenvalue weighted by Crippen LogP contribution is -1.98. The van der Waals surface area contributed by atoms with Crippen LogP contribution in [0.15, 0.2) is 54.6 Å². The fourth-order valence-electron chi connectivity index (χ4n) is 1.84. The van der Waals surface area contributed by atoms with Gasteiger partial charge in [0.25, 0.3) is 0 Å². The number of carbonyl (C=O) groups is 1. The average Bonchev–Trinajstić information content (AvgIpc) is 2.46. The van der Waals surface area contributed by atoms with Crippen LogP contribution in [0.25, 0.3) is 17.2 Å². The Morgan fingerprint density at radius 2 is 1.95 bits per heavy atom. The highest BCUT2D eigenvalue weighted by Crippen LogP contribution is 2.23. The van der Waals surface area contributed by atoms with Gasteiger partial charge in [-0.25, -0.2) is 9.18 Å². The molecule has 0 spiro atoms. The molecule has 0 N–H and O–H groups in total. The van der Waals surface area contributed by atoms with E-state index in [9.17, 15) is 9.18 Å². The van der Waals surface area contributed by atoms with Gasteiger partial charge in [0.2, 0.25) is 0 Å². The van der Waals surface area contributed by atoms with Crippen LogP contribution in [0.3, 0.4) is 0 Å². The van der Waals surface area contributed by atoms with Crippen molar-refractivity contribution in [2.45, 2.75) is 6.92 Å². The lowest BCUT2D eigenvalue weighted by Gasteiger charge is -2.04. The normalized spacial score (nSPS) is 10.7. The van der Waals surface area contributed by atoms with Crippen LogP contribution in [-0.2, 0) is 9.53 Å². The first-order valence-corrected chi connectivity index (χ1v) is 6.40. The summed E-state index contributed by atoms with van der Waals surface area (Å²) in [6.07, 6.45) is 2.83. The first-order valence-electron chi connectivity index (χ1n) is 6.40. The number of hydrogen-bond acceptors (Lipinski definition) is 2. The van der Waals surface area contributed by atoms with Gasteiger partial charge in [-0.2, -0.15) is 0 Å². The maximum absolute atomic E-state index is 14.1. The van der Waals surface area contributed by atoms with Crippen LogP contribution in [0.4, 0.5) is 4.39 Å². The van der Waals surface area contributed by atoms with Crippen LogP contribution in [0, 0.1) is 5.82 Å². The number of ether oxygens (including phenoxy) is 1. The molecular weight excluding hydrogens is 255 g/mol. The molecule has 2 rings (SSSR count). The van der Waals surface area contributed by atoms with Gasteiger partial charge in [0.15, 0.2) is 0 Å². The largest absolute Gasteiger partial charge is 0.463 e. The molecule has 2 nitrogen and oxygen atoms in total. The minimum atomic E-state index is -0.431. The molecule has 0 bridgehead atoms. The van der Waals surface area contributed by atoms with Gasteiger partial charge in [-0.3, -0.25) is 0 Å². The van der Waals surface area contributed by atoms with E-state index in [0.717, 1.165) is 5.56 Å². The molecule has 3 heteroatoms. The molecule has 0 amide bonds. The number of carbonyl (C=O) groups excluding carboxylic acids is 1. The molecular formula is C17H15FO2. The second-order valence-corrected chi connectivity index (χ2v) is 4.19. The summed E-state index contributed by atoms with van der Waals surface area (Å²) in [7, 11) is 0. The van der Waals surface area contributed by atoms with Gasteiger partial charge in [0, 0.05) is 11.6 Å². The van der Waals surface area contributed by atoms with E-state index in [0.29, 0.717) is 17.7 Å². The fourth-order valence-corrected chi connectivity index (χ4v) is 1.84. The van der Waals surface area contributed by atoms with E-state index in [2.05, 4.69) is 0 Å². The predicted molar refractivity (Wildman–Crippen MR) is 77.5 cm³/mol. The predicted octanol–water partition coefficient (Wildman–Crippen LogP) is 4.07. The van der Waals surface area contributed by atoms with Crippen molar-refractivity contribution in [3.63, 3.8) is 0 Å². The van der Waals surface area contributed by atoms with Crippen LogP contribution in [0.2, 0.25) is 0 Å². The second-order valence-electron chi connectivity index (χ2n) is 4.19. The van der Waals surface area contributed by atoms with Gasteiger partial charge in [-0.15, -0.1) is 0 Å². The van der Waals surface area contributed by atoms with E-state index < -0.39 is 5.97 Å². The van der Waals surface area contributed by atoms with Gasteiger partial charge in [-0.1, -0.05) is 42.5 Å². The minimum Gasteiger partial charge on any atom is -0.463 e. The molecule has 102 valence electrons. The Bertz CT molecular complexity index is 618. The summed E-state index contributed by atoms with van der Waals surface area (Å²) in [6, 6.07) is 14.2. The molecule has 0 aliphatic carbocycles. The zero-order chi connectivity index (χ0) is 14.4. The maximum Gasteiger partial charge on any atom is 0.330 e. The summed E-state index contributed by atoms with van der Waals surface area (Å²) in [6.45, 7) is 2.06. The summed E-state index contributed by atoms with van der Waals surface area (Å²) < 4.78 is 18.8. The van der Waals surface area contributed by atoms with Gasteiger partial charge in [0.1, 0.15) is 5.82 Å². The molecule has 0 aliphatic heterocycles. The van der Waals surface area contributed by atoms with Crippen molar-refractivity contribution in [2.24, 2.45) is 0 Å². The standard InChI is InChI=1S/C17H15FO2/c1-2-20-17(19)11-9-13-8-10-15(16(18)12-13)14-6-4-3-5-7-14/h3-12H,2H2,1H3/b11-9+. The number of benzene rings is 2. The number of rotatable bonds is 4. The zero-order valence-corrected chi connectivity index (χ0v) is 11.2. The van der Waals surface area contributed by atoms with Crippen LogP contribution < -0.4 is 0 Å². The molecule has 2 aromatic carbocycles. The van der Waals surface area contributed by atoms with Gasteiger partial charge in [-0.05, 0) is 30.2 Å². The maximum atomic E-state index is 14.1. The molecule has 0 saturated heterocycles. The van der Waals surface area contributed by atoms with E-state index in [1.54, 1.807) is 19.1 Å². The summed E-state index contributed by atoms with van der Waals surface area (Å²) >= 11 is 0. The smallest absolute Gasteiger partial charge is 0.330 e. The van der Waals surface area contributed by atoms with Crippen molar-refractivity contribution in [3.05, 3.63) is 66.0 Å². The van der Waals surface area contributed by atoms with Crippen molar-refractivity contribution >= 4 is 12.0 Å². The van der Waals surface area contributed by atoms with E-state index >= 15 is 0 Å². The Morgan fingerprint density at radius 3 is 2.60 bits per heavy atom. The van der Waals surface area contributed by atoms with E-state index in [-0.39, 0.29) is 5.82 Å². The lowest BCUT2D eigenvalue weighted by molar-refractivity contribution is -0.137. The highest BCUT2D eigenvalue weighted by Gasteiger charge is 2.04. The highest BCUT2D eigenvalue weighted by atomic mass is 19.1. The third-order valence-electron chi connectivity index (χ3n) is 2.78. The number of hydrogen-bond donors (Lipinski definition) is 0. The zero-order valence-electron chi connectivity index (χ0n) is 11.2. The molecule has 0 unspecified atom stereocenters. The molecule has 0 saturated carbocycles. The van der Waals surface area contributed by atoms with E-state index in [1.165, 1.54) is 18.2 Å². The van der Waals surface area contributed by atoms with E-state index in [1.807, 2.05) is 30.3 Å². The lowest BCUT2D eigenvalue weighted by atomic mass is 10.0. The first kappa shape index (κ1) is 14.0. The highest BCUT2D eigenvalue weighted by molar-refractivity contribution is 5.87. The molecule has 0 aromatic heterocycles. The van der Waals surface area contributed by atoms with Crippen molar-refractivity contribution in [1.29, 1.82) is 0 Å². The number of esters is 1. The monoisotopic (exact) mass is 270 g/mol. The molecule has 0 aliphatic rings. The van der Waals surface area contributed by atoms with Gasteiger partial charge in [0.05, 0.1) is 6.61 Å². The Hall–Kier alpha value is -2.42. The van der Waals surface area contributed by atoms with Gasteiger partial charge < -0.3 is 4.74 Å². The van der Waals surface area contributed by atoms with Crippen LogP contribution in [0.1, 0.15) is 12.5 Å². The quantitative estimate of drug-likeness (QED) is 0.618. The Balaban J connectivity index is 2.20. The van der Waals surface area contributed by atoms with Crippen molar-refractivity contribution < 1.29 is 13.9 Å². The summed E-state index contributed by atoms with van der Waals surface area (Å²) in [5, 5.41) is 0. The Labute approximate surface area is 117 Å². The minimum absolute atomic E-state index is 0.317. The Kier molecular flexibility index (Phi) is 4.66. The molecule has 0 radical (unpaired) electrons. The number of halogens is 1. The Morgan fingerprint density at radius 1 is 1.20 bits per heavy atom. The second kappa shape index (κ2) is 6.66. The molecule has 20 heavy (non-hydrogen) atoms. The molecule has 2 aromatic rings. The van der Waals surface area contributed by atoms with Crippen LogP contribution >= 0.6 is 0 Å². The molecule has 0 atom stereocenters. The van der Waals surface area contributed by atoms with Crippen molar-refractivity contribution in [1.82, 2.24) is 0 Å². The topological polar surface area (TPSA) is 26.3 Å². The third kappa shape index (κ3) is 3.54. The summed E-state index contributed by atoms with van der Waals surface area (Å²) in [5.41, 5.74) is 1.99. The summed E-state index contributed by atoms with van der Waals surface area (Å²) in [4.78, 5) is 11.2. The fraction of sp³-hybridized carbons (Fsp3) is 0.118.